The van der Waals surface area contributed by atoms with Crippen LogP contribution in [0.15, 0.2) is 48.9 Å². The number of aryl methyl sites for hydroxylation is 1. The van der Waals surface area contributed by atoms with Crippen molar-refractivity contribution in [3.63, 3.8) is 0 Å². The van der Waals surface area contributed by atoms with Crippen molar-refractivity contribution in [3.05, 3.63) is 60.2 Å². The highest BCUT2D eigenvalue weighted by Crippen LogP contribution is 2.29. The highest BCUT2D eigenvalue weighted by Gasteiger charge is 2.23. The molecule has 3 aromatic heterocycles. The molecule has 0 saturated carbocycles. The summed E-state index contributed by atoms with van der Waals surface area (Å²) >= 11 is 0. The first kappa shape index (κ1) is 19.9. The normalized spacial score (nSPS) is 17.4. The Balaban J connectivity index is 1.24. The Kier molecular flexibility index (Phi) is 5.76. The molecule has 7 nitrogen and oxygen atoms in total. The number of fused-ring (bicyclic) bond motifs is 1. The van der Waals surface area contributed by atoms with Gasteiger partial charge in [0.05, 0.1) is 0 Å². The van der Waals surface area contributed by atoms with Crippen molar-refractivity contribution in [2.24, 2.45) is 0 Å². The number of pyridine rings is 2. The van der Waals surface area contributed by atoms with Crippen LogP contribution in [0.1, 0.15) is 24.6 Å². The van der Waals surface area contributed by atoms with E-state index in [0.717, 1.165) is 75.0 Å². The minimum Gasteiger partial charge on any atom is -0.366 e. The van der Waals surface area contributed by atoms with E-state index in [-0.39, 0.29) is 0 Å². The monoisotopic (exact) mass is 415 g/mol. The van der Waals surface area contributed by atoms with Gasteiger partial charge in [-0.05, 0) is 50.5 Å². The summed E-state index contributed by atoms with van der Waals surface area (Å²) < 4.78 is 0. The van der Waals surface area contributed by atoms with Crippen LogP contribution in [-0.4, -0.2) is 63.6 Å². The molecule has 1 fully saturated rings. The molecule has 160 valence electrons. The molecule has 1 unspecified atom stereocenters. The highest BCUT2D eigenvalue weighted by atomic mass is 15.3. The summed E-state index contributed by atoms with van der Waals surface area (Å²) in [5.74, 6) is 2.88. The SMILES string of the molecule is CC(CN1CCN(c2ccccn2)CC1)Nc1nc(-c2ccncc2)nc2c1CCC2. The topological polar surface area (TPSA) is 70.1 Å². The second-order valence-corrected chi connectivity index (χ2v) is 8.43. The molecule has 1 aliphatic heterocycles. The van der Waals surface area contributed by atoms with E-state index in [2.05, 4.69) is 44.1 Å². The van der Waals surface area contributed by atoms with Gasteiger partial charge in [0, 0.05) is 74.2 Å². The van der Waals surface area contributed by atoms with Crippen molar-refractivity contribution in [1.29, 1.82) is 0 Å². The van der Waals surface area contributed by atoms with Crippen molar-refractivity contribution in [2.75, 3.05) is 42.9 Å². The fourth-order valence-corrected chi connectivity index (χ4v) is 4.55. The average Bonchev–Trinajstić information content (AvgIpc) is 3.30. The molecule has 0 aromatic carbocycles. The van der Waals surface area contributed by atoms with Crippen LogP contribution in [0.25, 0.3) is 11.4 Å². The first-order valence-electron chi connectivity index (χ1n) is 11.2. The minimum absolute atomic E-state index is 0.311. The summed E-state index contributed by atoms with van der Waals surface area (Å²) in [6, 6.07) is 10.4. The van der Waals surface area contributed by atoms with Crippen LogP contribution in [0, 0.1) is 0 Å². The third-order valence-electron chi connectivity index (χ3n) is 6.13. The number of nitrogens with one attached hydrogen (secondary N) is 1. The van der Waals surface area contributed by atoms with E-state index in [9.17, 15) is 0 Å². The Morgan fingerprint density at radius 1 is 0.968 bits per heavy atom. The second kappa shape index (κ2) is 8.98. The van der Waals surface area contributed by atoms with E-state index in [1.807, 2.05) is 24.4 Å². The molecule has 0 bridgehead atoms. The molecule has 7 heteroatoms. The molecule has 0 spiro atoms. The Labute approximate surface area is 183 Å². The maximum atomic E-state index is 4.91. The maximum Gasteiger partial charge on any atom is 0.161 e. The lowest BCUT2D eigenvalue weighted by atomic mass is 10.2. The van der Waals surface area contributed by atoms with Gasteiger partial charge in [-0.15, -0.1) is 0 Å². The van der Waals surface area contributed by atoms with Crippen LogP contribution in [0.4, 0.5) is 11.6 Å². The number of hydrogen-bond donors (Lipinski definition) is 1. The van der Waals surface area contributed by atoms with Gasteiger partial charge in [-0.25, -0.2) is 15.0 Å². The molecule has 1 N–H and O–H groups in total. The minimum atomic E-state index is 0.311. The zero-order valence-electron chi connectivity index (χ0n) is 18.0. The smallest absolute Gasteiger partial charge is 0.161 e. The van der Waals surface area contributed by atoms with Crippen LogP contribution >= 0.6 is 0 Å². The zero-order chi connectivity index (χ0) is 21.0. The zero-order valence-corrected chi connectivity index (χ0v) is 18.0. The van der Waals surface area contributed by atoms with Crippen molar-refractivity contribution >= 4 is 11.6 Å². The lowest BCUT2D eigenvalue weighted by Crippen LogP contribution is -2.49. The van der Waals surface area contributed by atoms with E-state index in [1.165, 1.54) is 11.3 Å². The number of aromatic nitrogens is 4. The van der Waals surface area contributed by atoms with E-state index in [1.54, 1.807) is 12.4 Å². The van der Waals surface area contributed by atoms with E-state index in [4.69, 9.17) is 9.97 Å². The largest absolute Gasteiger partial charge is 0.366 e. The van der Waals surface area contributed by atoms with Crippen molar-refractivity contribution < 1.29 is 0 Å². The van der Waals surface area contributed by atoms with Gasteiger partial charge in [-0.1, -0.05) is 6.07 Å². The summed E-state index contributed by atoms with van der Waals surface area (Å²) in [7, 11) is 0. The number of hydrogen-bond acceptors (Lipinski definition) is 7. The Morgan fingerprint density at radius 3 is 2.58 bits per heavy atom. The predicted molar refractivity (Wildman–Crippen MR) is 123 cm³/mol. The fraction of sp³-hybridized carbons (Fsp3) is 0.417. The van der Waals surface area contributed by atoms with E-state index < -0.39 is 0 Å². The number of nitrogens with zero attached hydrogens (tertiary/aromatic N) is 6. The molecule has 1 atom stereocenters. The quantitative estimate of drug-likeness (QED) is 0.663. The van der Waals surface area contributed by atoms with Gasteiger partial charge in [0.2, 0.25) is 0 Å². The van der Waals surface area contributed by atoms with Gasteiger partial charge in [0.1, 0.15) is 11.6 Å². The Morgan fingerprint density at radius 2 is 1.81 bits per heavy atom. The van der Waals surface area contributed by atoms with Crippen molar-refractivity contribution in [3.8, 4) is 11.4 Å². The fourth-order valence-electron chi connectivity index (χ4n) is 4.55. The molecule has 2 aliphatic rings. The summed E-state index contributed by atoms with van der Waals surface area (Å²) in [6.45, 7) is 7.37. The lowest BCUT2D eigenvalue weighted by molar-refractivity contribution is 0.250. The molecule has 4 heterocycles. The standard InChI is InChI=1S/C24H29N7/c1-18(17-30-13-15-31(16-14-30)22-7-2-3-10-26-22)27-24-20-5-4-6-21(20)28-23(29-24)19-8-11-25-12-9-19/h2-3,7-12,18H,4-6,13-17H2,1H3,(H,27,28,29). The molecule has 1 aliphatic carbocycles. The Hall–Kier alpha value is -3.06. The average molecular weight is 416 g/mol. The van der Waals surface area contributed by atoms with Gasteiger partial charge in [-0.2, -0.15) is 0 Å². The molecule has 0 amide bonds. The first-order valence-corrected chi connectivity index (χ1v) is 11.2. The van der Waals surface area contributed by atoms with Crippen LogP contribution in [0.5, 0.6) is 0 Å². The molecular weight excluding hydrogens is 386 g/mol. The Bertz CT molecular complexity index is 1000. The molecule has 3 aromatic rings. The number of piperazine rings is 1. The number of rotatable bonds is 6. The van der Waals surface area contributed by atoms with Gasteiger partial charge < -0.3 is 10.2 Å². The van der Waals surface area contributed by atoms with Crippen LogP contribution < -0.4 is 10.2 Å². The third kappa shape index (κ3) is 4.51. The molecule has 5 rings (SSSR count). The third-order valence-corrected chi connectivity index (χ3v) is 6.13. The predicted octanol–water partition coefficient (Wildman–Crippen LogP) is 3.04. The van der Waals surface area contributed by atoms with Crippen molar-refractivity contribution in [2.45, 2.75) is 32.2 Å². The van der Waals surface area contributed by atoms with Gasteiger partial charge in [0.25, 0.3) is 0 Å². The van der Waals surface area contributed by atoms with Crippen LogP contribution in [-0.2, 0) is 12.8 Å². The van der Waals surface area contributed by atoms with E-state index >= 15 is 0 Å². The van der Waals surface area contributed by atoms with Gasteiger partial charge >= 0.3 is 0 Å². The van der Waals surface area contributed by atoms with Gasteiger partial charge in [-0.3, -0.25) is 9.88 Å². The van der Waals surface area contributed by atoms with Crippen LogP contribution in [0.2, 0.25) is 0 Å². The summed E-state index contributed by atoms with van der Waals surface area (Å²) in [5.41, 5.74) is 3.51. The molecular formula is C24H29N7. The van der Waals surface area contributed by atoms with Crippen LogP contribution in [0.3, 0.4) is 0 Å². The summed E-state index contributed by atoms with van der Waals surface area (Å²) in [6.07, 6.45) is 8.72. The number of anilines is 2. The lowest BCUT2D eigenvalue weighted by Gasteiger charge is -2.36. The molecule has 0 radical (unpaired) electrons. The van der Waals surface area contributed by atoms with Crippen molar-refractivity contribution in [1.82, 2.24) is 24.8 Å². The summed E-state index contributed by atoms with van der Waals surface area (Å²) in [4.78, 5) is 23.3. The summed E-state index contributed by atoms with van der Waals surface area (Å²) in [5, 5.41) is 3.71. The van der Waals surface area contributed by atoms with Gasteiger partial charge in [0.15, 0.2) is 5.82 Å². The van der Waals surface area contributed by atoms with E-state index in [0.29, 0.717) is 6.04 Å². The molecule has 31 heavy (non-hydrogen) atoms. The first-order chi connectivity index (χ1) is 15.3. The second-order valence-electron chi connectivity index (χ2n) is 8.43. The molecule has 1 saturated heterocycles. The highest BCUT2D eigenvalue weighted by molar-refractivity contribution is 5.60. The maximum absolute atomic E-state index is 4.91.